The predicted octanol–water partition coefficient (Wildman–Crippen LogP) is 0.738. The molecule has 0 aromatic rings. The number of hydrogen-bond acceptors (Lipinski definition) is 2. The standard InChI is InChI=1S/C7H10O4/c1-2-3-4-5(6(8)9)7(10)11/h2-3,5H,4H2,1H3,(H,8,9)(H,10,11). The van der Waals surface area contributed by atoms with Crippen LogP contribution in [-0.4, -0.2) is 22.2 Å². The second kappa shape index (κ2) is 4.49. The molecule has 0 saturated carbocycles. The molecular weight excluding hydrogens is 148 g/mol. The summed E-state index contributed by atoms with van der Waals surface area (Å²) in [5.41, 5.74) is 0. The summed E-state index contributed by atoms with van der Waals surface area (Å²) in [7, 11) is 0. The van der Waals surface area contributed by atoms with Crippen molar-refractivity contribution >= 4 is 11.9 Å². The topological polar surface area (TPSA) is 74.6 Å². The Hall–Kier alpha value is -1.32. The van der Waals surface area contributed by atoms with Crippen molar-refractivity contribution in [2.75, 3.05) is 0 Å². The van der Waals surface area contributed by atoms with E-state index in [4.69, 9.17) is 10.2 Å². The van der Waals surface area contributed by atoms with E-state index in [2.05, 4.69) is 0 Å². The minimum absolute atomic E-state index is 0.0428. The molecule has 62 valence electrons. The van der Waals surface area contributed by atoms with Gasteiger partial charge in [-0.2, -0.15) is 0 Å². The first-order valence-electron chi connectivity index (χ1n) is 3.16. The van der Waals surface area contributed by atoms with Gasteiger partial charge in [-0.25, -0.2) is 0 Å². The van der Waals surface area contributed by atoms with E-state index in [9.17, 15) is 9.59 Å². The van der Waals surface area contributed by atoms with E-state index in [0.29, 0.717) is 0 Å². The quantitative estimate of drug-likeness (QED) is 0.467. The van der Waals surface area contributed by atoms with Crippen LogP contribution in [0.4, 0.5) is 0 Å². The maximum absolute atomic E-state index is 10.2. The molecule has 0 amide bonds. The molecule has 4 heteroatoms. The van der Waals surface area contributed by atoms with Gasteiger partial charge in [0.25, 0.3) is 0 Å². The molecule has 0 aromatic carbocycles. The third-order valence-electron chi connectivity index (χ3n) is 1.20. The van der Waals surface area contributed by atoms with Crippen LogP contribution >= 0.6 is 0 Å². The lowest BCUT2D eigenvalue weighted by Gasteiger charge is -2.01. The van der Waals surface area contributed by atoms with E-state index in [0.717, 1.165) is 0 Å². The SMILES string of the molecule is CC=CCC(C(=O)O)C(=O)O. The van der Waals surface area contributed by atoms with Gasteiger partial charge in [-0.3, -0.25) is 9.59 Å². The van der Waals surface area contributed by atoms with Gasteiger partial charge in [0.2, 0.25) is 0 Å². The molecule has 0 unspecified atom stereocenters. The van der Waals surface area contributed by atoms with Crippen molar-refractivity contribution in [2.45, 2.75) is 13.3 Å². The zero-order valence-corrected chi connectivity index (χ0v) is 6.15. The van der Waals surface area contributed by atoms with Gasteiger partial charge in [-0.15, -0.1) is 0 Å². The molecular formula is C7H10O4. The molecule has 4 nitrogen and oxygen atoms in total. The molecule has 2 N–H and O–H groups in total. The van der Waals surface area contributed by atoms with E-state index in [-0.39, 0.29) is 6.42 Å². The summed E-state index contributed by atoms with van der Waals surface area (Å²) in [6.07, 6.45) is 3.19. The highest BCUT2D eigenvalue weighted by Crippen LogP contribution is 2.04. The lowest BCUT2D eigenvalue weighted by Crippen LogP contribution is -2.22. The molecule has 11 heavy (non-hydrogen) atoms. The van der Waals surface area contributed by atoms with Gasteiger partial charge in [-0.05, 0) is 13.3 Å². The Morgan fingerprint density at radius 2 is 1.82 bits per heavy atom. The fourth-order valence-corrected chi connectivity index (χ4v) is 0.579. The Morgan fingerprint density at radius 1 is 1.36 bits per heavy atom. The molecule has 0 aliphatic heterocycles. The maximum Gasteiger partial charge on any atom is 0.318 e. The number of carboxylic acids is 2. The Morgan fingerprint density at radius 3 is 2.09 bits per heavy atom. The molecule has 0 fully saturated rings. The molecule has 0 spiro atoms. The molecule has 0 radical (unpaired) electrons. The minimum Gasteiger partial charge on any atom is -0.481 e. The van der Waals surface area contributed by atoms with E-state index in [1.807, 2.05) is 0 Å². The van der Waals surface area contributed by atoms with Crippen molar-refractivity contribution in [3.63, 3.8) is 0 Å². The number of aliphatic carboxylic acids is 2. The summed E-state index contributed by atoms with van der Waals surface area (Å²) in [5, 5.41) is 16.7. The molecule has 0 bridgehead atoms. The van der Waals surface area contributed by atoms with E-state index in [1.54, 1.807) is 13.0 Å². The second-order valence-electron chi connectivity index (χ2n) is 2.03. The highest BCUT2D eigenvalue weighted by Gasteiger charge is 2.23. The van der Waals surface area contributed by atoms with E-state index in [1.165, 1.54) is 6.08 Å². The summed E-state index contributed by atoms with van der Waals surface area (Å²) in [6.45, 7) is 1.71. The molecule has 0 saturated heterocycles. The average molecular weight is 158 g/mol. The first-order valence-corrected chi connectivity index (χ1v) is 3.16. The molecule has 0 atom stereocenters. The van der Waals surface area contributed by atoms with Crippen molar-refractivity contribution in [1.29, 1.82) is 0 Å². The molecule has 0 aromatic heterocycles. The highest BCUT2D eigenvalue weighted by atomic mass is 16.4. The lowest BCUT2D eigenvalue weighted by atomic mass is 10.1. The van der Waals surface area contributed by atoms with Crippen molar-refractivity contribution in [2.24, 2.45) is 5.92 Å². The van der Waals surface area contributed by atoms with Crippen LogP contribution in [0.5, 0.6) is 0 Å². The lowest BCUT2D eigenvalue weighted by molar-refractivity contribution is -0.154. The molecule has 0 heterocycles. The predicted molar refractivity (Wildman–Crippen MR) is 38.2 cm³/mol. The van der Waals surface area contributed by atoms with Crippen molar-refractivity contribution in [1.82, 2.24) is 0 Å². The van der Waals surface area contributed by atoms with Gasteiger partial charge in [0.15, 0.2) is 5.92 Å². The van der Waals surface area contributed by atoms with Crippen LogP contribution in [0, 0.1) is 5.92 Å². The summed E-state index contributed by atoms with van der Waals surface area (Å²) >= 11 is 0. The average Bonchev–Trinajstić information content (AvgIpc) is 1.87. The summed E-state index contributed by atoms with van der Waals surface area (Å²) < 4.78 is 0. The van der Waals surface area contributed by atoms with E-state index >= 15 is 0 Å². The van der Waals surface area contributed by atoms with Crippen molar-refractivity contribution in [3.8, 4) is 0 Å². The normalized spacial score (nSPS) is 10.7. The number of hydrogen-bond donors (Lipinski definition) is 2. The minimum atomic E-state index is -1.31. The van der Waals surface area contributed by atoms with E-state index < -0.39 is 17.9 Å². The van der Waals surface area contributed by atoms with Gasteiger partial charge >= 0.3 is 11.9 Å². The number of rotatable bonds is 4. The Labute approximate surface area is 64.2 Å². The molecule has 0 rings (SSSR count). The fraction of sp³-hybridized carbons (Fsp3) is 0.429. The molecule has 0 aliphatic rings. The van der Waals surface area contributed by atoms with Crippen LogP contribution in [-0.2, 0) is 9.59 Å². The van der Waals surface area contributed by atoms with Crippen LogP contribution < -0.4 is 0 Å². The maximum atomic E-state index is 10.2. The largest absolute Gasteiger partial charge is 0.481 e. The van der Waals surface area contributed by atoms with Gasteiger partial charge < -0.3 is 10.2 Å². The third-order valence-corrected chi connectivity index (χ3v) is 1.20. The van der Waals surface area contributed by atoms with Gasteiger partial charge in [0.1, 0.15) is 0 Å². The van der Waals surface area contributed by atoms with Gasteiger partial charge in [-0.1, -0.05) is 12.2 Å². The smallest absolute Gasteiger partial charge is 0.318 e. The monoisotopic (exact) mass is 158 g/mol. The van der Waals surface area contributed by atoms with Gasteiger partial charge in [0, 0.05) is 0 Å². The molecule has 0 aliphatic carbocycles. The summed E-state index contributed by atoms with van der Waals surface area (Å²) in [4.78, 5) is 20.5. The van der Waals surface area contributed by atoms with Crippen molar-refractivity contribution < 1.29 is 19.8 Å². The second-order valence-corrected chi connectivity index (χ2v) is 2.03. The fourth-order valence-electron chi connectivity index (χ4n) is 0.579. The van der Waals surface area contributed by atoms with Gasteiger partial charge in [0.05, 0.1) is 0 Å². The van der Waals surface area contributed by atoms with Crippen LogP contribution in [0.15, 0.2) is 12.2 Å². The Kier molecular flexibility index (Phi) is 3.95. The highest BCUT2D eigenvalue weighted by molar-refractivity contribution is 5.92. The van der Waals surface area contributed by atoms with Crippen LogP contribution in [0.1, 0.15) is 13.3 Å². The number of carbonyl (C=O) groups is 2. The first kappa shape index (κ1) is 9.68. The number of allylic oxidation sites excluding steroid dienone is 2. The first-order chi connectivity index (χ1) is 5.09. The number of carboxylic acid groups (broad SMARTS) is 2. The van der Waals surface area contributed by atoms with Crippen LogP contribution in [0.25, 0.3) is 0 Å². The van der Waals surface area contributed by atoms with Crippen LogP contribution in [0.2, 0.25) is 0 Å². The van der Waals surface area contributed by atoms with Crippen molar-refractivity contribution in [3.05, 3.63) is 12.2 Å². The Bertz CT molecular complexity index is 169. The summed E-state index contributed by atoms with van der Waals surface area (Å²) in [5.74, 6) is -3.91. The Balaban J connectivity index is 4.12. The summed E-state index contributed by atoms with van der Waals surface area (Å²) in [6, 6.07) is 0. The third kappa shape index (κ3) is 3.40. The zero-order valence-electron chi connectivity index (χ0n) is 6.15. The van der Waals surface area contributed by atoms with Crippen LogP contribution in [0.3, 0.4) is 0 Å². The zero-order chi connectivity index (χ0) is 8.85.